The maximum atomic E-state index is 13.2. The summed E-state index contributed by atoms with van der Waals surface area (Å²) in [5.74, 6) is 1.11. The molecule has 0 unspecified atom stereocenters. The maximum absolute atomic E-state index is 13.2. The van der Waals surface area contributed by atoms with Crippen LogP contribution in [-0.4, -0.2) is 47.0 Å². The summed E-state index contributed by atoms with van der Waals surface area (Å²) in [6, 6.07) is 14.2. The van der Waals surface area contributed by atoms with Crippen molar-refractivity contribution in [3.8, 4) is 11.5 Å². The molecule has 1 aliphatic heterocycles. The molecule has 1 aliphatic rings. The number of anilines is 1. The first-order valence-electron chi connectivity index (χ1n) is 9.41. The van der Waals surface area contributed by atoms with Gasteiger partial charge in [0.25, 0.3) is 0 Å². The molecule has 1 N–H and O–H groups in total. The molecule has 1 aromatic heterocycles. The SMILES string of the molecule is CCOC(=O)C1=C(c2ccccc2)Nc2nnnn2[C@H]1c1cc(OC)ccc1OC. The largest absolute Gasteiger partial charge is 0.497 e. The molecule has 1 atom stereocenters. The summed E-state index contributed by atoms with van der Waals surface area (Å²) in [5.41, 5.74) is 2.42. The second-order valence-corrected chi connectivity index (χ2v) is 6.46. The number of carbonyl (C=O) groups is 1. The first-order valence-corrected chi connectivity index (χ1v) is 9.41. The highest BCUT2D eigenvalue weighted by atomic mass is 16.5. The van der Waals surface area contributed by atoms with E-state index in [-0.39, 0.29) is 6.61 Å². The number of aromatic nitrogens is 4. The van der Waals surface area contributed by atoms with Crippen molar-refractivity contribution in [2.75, 3.05) is 26.1 Å². The molecular formula is C21H21N5O4. The van der Waals surface area contributed by atoms with Gasteiger partial charge in [0.05, 0.1) is 32.1 Å². The molecule has 2 aromatic carbocycles. The van der Waals surface area contributed by atoms with Gasteiger partial charge in [-0.25, -0.2) is 4.79 Å². The van der Waals surface area contributed by atoms with Crippen molar-refractivity contribution in [1.82, 2.24) is 20.2 Å². The number of fused-ring (bicyclic) bond motifs is 1. The van der Waals surface area contributed by atoms with Crippen LogP contribution < -0.4 is 14.8 Å². The average molecular weight is 407 g/mol. The van der Waals surface area contributed by atoms with E-state index in [9.17, 15) is 4.79 Å². The molecule has 9 heteroatoms. The molecule has 0 fully saturated rings. The number of methoxy groups -OCH3 is 2. The van der Waals surface area contributed by atoms with E-state index in [1.807, 2.05) is 36.4 Å². The molecule has 0 bridgehead atoms. The summed E-state index contributed by atoms with van der Waals surface area (Å²) < 4.78 is 17.9. The molecule has 9 nitrogen and oxygen atoms in total. The lowest BCUT2D eigenvalue weighted by atomic mass is 9.92. The van der Waals surface area contributed by atoms with Gasteiger partial charge in [0.1, 0.15) is 17.5 Å². The lowest BCUT2D eigenvalue weighted by Gasteiger charge is -2.29. The Bertz CT molecular complexity index is 1090. The van der Waals surface area contributed by atoms with Crippen LogP contribution in [0.5, 0.6) is 11.5 Å². The summed E-state index contributed by atoms with van der Waals surface area (Å²) in [7, 11) is 3.15. The molecule has 0 spiro atoms. The van der Waals surface area contributed by atoms with Gasteiger partial charge in [-0.1, -0.05) is 35.4 Å². The second kappa shape index (κ2) is 8.24. The Kier molecular flexibility index (Phi) is 5.34. The van der Waals surface area contributed by atoms with Crippen LogP contribution in [-0.2, 0) is 9.53 Å². The minimum absolute atomic E-state index is 0.231. The van der Waals surface area contributed by atoms with Gasteiger partial charge < -0.3 is 19.5 Å². The van der Waals surface area contributed by atoms with Gasteiger partial charge in [0.15, 0.2) is 0 Å². The van der Waals surface area contributed by atoms with E-state index < -0.39 is 12.0 Å². The third-order valence-corrected chi connectivity index (χ3v) is 4.81. The van der Waals surface area contributed by atoms with Crippen LogP contribution in [0.25, 0.3) is 5.70 Å². The van der Waals surface area contributed by atoms with Crippen LogP contribution in [0.1, 0.15) is 24.1 Å². The molecule has 0 radical (unpaired) electrons. The summed E-state index contributed by atoms with van der Waals surface area (Å²) >= 11 is 0. The van der Waals surface area contributed by atoms with Crippen molar-refractivity contribution in [2.45, 2.75) is 13.0 Å². The molecule has 2 heterocycles. The molecule has 4 rings (SSSR count). The van der Waals surface area contributed by atoms with Crippen molar-refractivity contribution in [3.63, 3.8) is 0 Å². The van der Waals surface area contributed by atoms with E-state index in [1.54, 1.807) is 33.3 Å². The molecular weight excluding hydrogens is 386 g/mol. The Balaban J connectivity index is 2.01. The van der Waals surface area contributed by atoms with E-state index in [2.05, 4.69) is 20.8 Å². The third-order valence-electron chi connectivity index (χ3n) is 4.81. The number of nitrogens with one attached hydrogen (secondary N) is 1. The number of rotatable bonds is 6. The quantitative estimate of drug-likeness (QED) is 0.623. The smallest absolute Gasteiger partial charge is 0.338 e. The van der Waals surface area contributed by atoms with Crippen molar-refractivity contribution in [2.24, 2.45) is 0 Å². The van der Waals surface area contributed by atoms with Gasteiger partial charge >= 0.3 is 5.97 Å². The minimum atomic E-state index is -0.685. The number of esters is 1. The van der Waals surface area contributed by atoms with Crippen LogP contribution in [0.4, 0.5) is 5.95 Å². The third kappa shape index (κ3) is 3.34. The molecule has 3 aromatic rings. The van der Waals surface area contributed by atoms with Crippen LogP contribution in [0.2, 0.25) is 0 Å². The number of nitrogens with zero attached hydrogens (tertiary/aromatic N) is 4. The summed E-state index contributed by atoms with van der Waals surface area (Å²) in [4.78, 5) is 13.2. The van der Waals surface area contributed by atoms with E-state index in [0.717, 1.165) is 5.56 Å². The van der Waals surface area contributed by atoms with Crippen LogP contribution in [0.3, 0.4) is 0 Å². The predicted molar refractivity (Wildman–Crippen MR) is 109 cm³/mol. The number of tetrazole rings is 1. The Morgan fingerprint density at radius 1 is 1.13 bits per heavy atom. The molecule has 0 amide bonds. The van der Waals surface area contributed by atoms with Crippen LogP contribution in [0, 0.1) is 0 Å². The van der Waals surface area contributed by atoms with Gasteiger partial charge in [-0.15, -0.1) is 0 Å². The van der Waals surface area contributed by atoms with Gasteiger partial charge in [-0.05, 0) is 41.1 Å². The zero-order valence-corrected chi connectivity index (χ0v) is 16.8. The maximum Gasteiger partial charge on any atom is 0.338 e. The number of benzene rings is 2. The van der Waals surface area contributed by atoms with Crippen molar-refractivity contribution >= 4 is 17.6 Å². The van der Waals surface area contributed by atoms with Gasteiger partial charge in [-0.3, -0.25) is 0 Å². The number of ether oxygens (including phenoxy) is 3. The highest BCUT2D eigenvalue weighted by Crippen LogP contribution is 2.42. The molecule has 0 saturated heterocycles. The number of carbonyl (C=O) groups excluding carboxylic acids is 1. The van der Waals surface area contributed by atoms with E-state index >= 15 is 0 Å². The lowest BCUT2D eigenvalue weighted by Crippen LogP contribution is -2.30. The highest BCUT2D eigenvalue weighted by molar-refractivity contribution is 6.02. The molecule has 154 valence electrons. The molecule has 30 heavy (non-hydrogen) atoms. The molecule has 0 aliphatic carbocycles. The summed E-state index contributed by atoms with van der Waals surface area (Å²) in [5, 5.41) is 15.2. The Labute approximate surface area is 173 Å². The van der Waals surface area contributed by atoms with E-state index in [0.29, 0.717) is 34.3 Å². The first-order chi connectivity index (χ1) is 14.7. The number of hydrogen-bond acceptors (Lipinski definition) is 8. The van der Waals surface area contributed by atoms with E-state index in [4.69, 9.17) is 14.2 Å². The van der Waals surface area contributed by atoms with Crippen molar-refractivity contribution < 1.29 is 19.0 Å². The fraction of sp³-hybridized carbons (Fsp3) is 0.238. The van der Waals surface area contributed by atoms with Gasteiger partial charge in [0.2, 0.25) is 5.95 Å². The summed E-state index contributed by atoms with van der Waals surface area (Å²) in [6.07, 6.45) is 0. The van der Waals surface area contributed by atoms with Crippen molar-refractivity contribution in [1.29, 1.82) is 0 Å². The highest BCUT2D eigenvalue weighted by Gasteiger charge is 2.38. The summed E-state index contributed by atoms with van der Waals surface area (Å²) in [6.45, 7) is 2.00. The first kappa shape index (κ1) is 19.4. The second-order valence-electron chi connectivity index (χ2n) is 6.46. The van der Waals surface area contributed by atoms with Crippen LogP contribution >= 0.6 is 0 Å². The fourth-order valence-electron chi connectivity index (χ4n) is 3.48. The zero-order valence-electron chi connectivity index (χ0n) is 16.8. The average Bonchev–Trinajstić information content (AvgIpc) is 3.26. The topological polar surface area (TPSA) is 100 Å². The predicted octanol–water partition coefficient (Wildman–Crippen LogP) is 2.68. The normalized spacial score (nSPS) is 15.2. The van der Waals surface area contributed by atoms with E-state index in [1.165, 1.54) is 4.68 Å². The van der Waals surface area contributed by atoms with Crippen molar-refractivity contribution in [3.05, 3.63) is 65.2 Å². The Morgan fingerprint density at radius 2 is 1.93 bits per heavy atom. The Hall–Kier alpha value is -3.88. The van der Waals surface area contributed by atoms with Crippen LogP contribution in [0.15, 0.2) is 54.1 Å². The number of hydrogen-bond donors (Lipinski definition) is 1. The zero-order chi connectivity index (χ0) is 21.1. The monoisotopic (exact) mass is 407 g/mol. The van der Waals surface area contributed by atoms with Gasteiger partial charge in [-0.2, -0.15) is 4.68 Å². The van der Waals surface area contributed by atoms with Gasteiger partial charge in [0, 0.05) is 5.56 Å². The standard InChI is InChI=1S/C21H21N5O4/c1-4-30-20(27)17-18(13-8-6-5-7-9-13)22-21-23-24-25-26(21)19(17)15-12-14(28-2)10-11-16(15)29-3/h5-12,19H,4H2,1-3H3,(H,22,23,25)/t19-/m0/s1. The molecule has 0 saturated carbocycles. The minimum Gasteiger partial charge on any atom is -0.497 e. The Morgan fingerprint density at radius 3 is 2.63 bits per heavy atom. The lowest BCUT2D eigenvalue weighted by molar-refractivity contribution is -0.138. The fourth-order valence-corrected chi connectivity index (χ4v) is 3.48.